The molecule has 0 aromatic heterocycles. The summed E-state index contributed by atoms with van der Waals surface area (Å²) >= 11 is 0. The lowest BCUT2D eigenvalue weighted by Gasteiger charge is -2.37. The molecule has 2 N–H and O–H groups in total. The summed E-state index contributed by atoms with van der Waals surface area (Å²) in [5.41, 5.74) is 2.75. The predicted octanol–water partition coefficient (Wildman–Crippen LogP) is -0.267. The number of hydrogen-bond donors (Lipinski definition) is 2. The van der Waals surface area contributed by atoms with Gasteiger partial charge in [-0.15, -0.1) is 0 Å². The number of carbonyl (C=O) groups is 4. The molecule has 1 aromatic rings. The van der Waals surface area contributed by atoms with E-state index in [0.29, 0.717) is 45.0 Å². The third-order valence-corrected chi connectivity index (χ3v) is 5.45. The maximum Gasteiger partial charge on any atom is 0.243 e. The Balaban J connectivity index is 1.61. The lowest BCUT2D eigenvalue weighted by Crippen LogP contribution is -2.60. The predicted molar refractivity (Wildman–Crippen MR) is 112 cm³/mol. The summed E-state index contributed by atoms with van der Waals surface area (Å²) in [5, 5.41) is 5.59. The molecular formula is C21H29N5O4. The number of rotatable bonds is 6. The van der Waals surface area contributed by atoms with Gasteiger partial charge in [0.2, 0.25) is 24.1 Å². The van der Waals surface area contributed by atoms with Crippen molar-refractivity contribution in [3.8, 4) is 0 Å². The first kappa shape index (κ1) is 21.8. The summed E-state index contributed by atoms with van der Waals surface area (Å²) in [6, 6.07) is 4.93. The molecule has 2 aliphatic heterocycles. The molecule has 0 spiro atoms. The van der Waals surface area contributed by atoms with Crippen molar-refractivity contribution < 1.29 is 19.2 Å². The largest absolute Gasteiger partial charge is 0.353 e. The standard InChI is InChI=1S/C21H29N5O4/c1-15-9-16(2)11-17(10-15)23-19(28)12-18-21(30)22-3-4-26(18)20(29)13-24-5-7-25(14-27)8-6-24/h9-11,14,18H,3-8,12-13H2,1-2H3,(H,22,30)(H,23,28)/t18-/m1/s1. The highest BCUT2D eigenvalue weighted by atomic mass is 16.2. The third-order valence-electron chi connectivity index (χ3n) is 5.45. The van der Waals surface area contributed by atoms with Crippen LogP contribution in [0.15, 0.2) is 18.2 Å². The Morgan fingerprint density at radius 1 is 1.10 bits per heavy atom. The number of nitrogens with one attached hydrogen (secondary N) is 2. The van der Waals surface area contributed by atoms with E-state index in [1.54, 1.807) is 4.90 Å². The third kappa shape index (κ3) is 5.56. The minimum Gasteiger partial charge on any atom is -0.353 e. The summed E-state index contributed by atoms with van der Waals surface area (Å²) in [6.45, 7) is 7.22. The zero-order valence-electron chi connectivity index (χ0n) is 17.5. The molecule has 30 heavy (non-hydrogen) atoms. The van der Waals surface area contributed by atoms with Crippen LogP contribution in [0.1, 0.15) is 17.5 Å². The van der Waals surface area contributed by atoms with Crippen LogP contribution in [0.25, 0.3) is 0 Å². The van der Waals surface area contributed by atoms with Crippen LogP contribution in [0.4, 0.5) is 5.69 Å². The molecule has 2 fully saturated rings. The zero-order valence-corrected chi connectivity index (χ0v) is 17.5. The molecule has 0 aliphatic carbocycles. The van der Waals surface area contributed by atoms with Crippen LogP contribution in [-0.4, -0.2) is 90.7 Å². The van der Waals surface area contributed by atoms with Crippen molar-refractivity contribution in [3.05, 3.63) is 29.3 Å². The lowest BCUT2D eigenvalue weighted by molar-refractivity contribution is -0.145. The van der Waals surface area contributed by atoms with Crippen LogP contribution in [0.2, 0.25) is 0 Å². The van der Waals surface area contributed by atoms with Gasteiger partial charge in [-0.3, -0.25) is 24.1 Å². The van der Waals surface area contributed by atoms with E-state index in [1.165, 1.54) is 4.90 Å². The van der Waals surface area contributed by atoms with E-state index < -0.39 is 6.04 Å². The monoisotopic (exact) mass is 415 g/mol. The van der Waals surface area contributed by atoms with Crippen molar-refractivity contribution >= 4 is 29.8 Å². The first-order valence-electron chi connectivity index (χ1n) is 10.2. The van der Waals surface area contributed by atoms with Gasteiger partial charge in [0.25, 0.3) is 0 Å². The molecule has 162 valence electrons. The summed E-state index contributed by atoms with van der Waals surface area (Å²) in [6.07, 6.45) is 0.724. The van der Waals surface area contributed by atoms with Gasteiger partial charge in [-0.05, 0) is 37.1 Å². The number of carbonyl (C=O) groups excluding carboxylic acids is 4. The van der Waals surface area contributed by atoms with E-state index in [4.69, 9.17) is 0 Å². The summed E-state index contributed by atoms with van der Waals surface area (Å²) in [5.74, 6) is -0.788. The van der Waals surface area contributed by atoms with Gasteiger partial charge in [-0.25, -0.2) is 0 Å². The van der Waals surface area contributed by atoms with Crippen LogP contribution in [0.3, 0.4) is 0 Å². The van der Waals surface area contributed by atoms with E-state index in [9.17, 15) is 19.2 Å². The van der Waals surface area contributed by atoms with Gasteiger partial charge in [0, 0.05) is 45.0 Å². The van der Waals surface area contributed by atoms with Crippen molar-refractivity contribution in [3.63, 3.8) is 0 Å². The van der Waals surface area contributed by atoms with Crippen molar-refractivity contribution in [1.29, 1.82) is 0 Å². The summed E-state index contributed by atoms with van der Waals surface area (Å²) < 4.78 is 0. The van der Waals surface area contributed by atoms with E-state index in [-0.39, 0.29) is 30.7 Å². The number of aryl methyl sites for hydroxylation is 2. The smallest absolute Gasteiger partial charge is 0.243 e. The minimum atomic E-state index is -0.826. The first-order chi connectivity index (χ1) is 14.4. The van der Waals surface area contributed by atoms with Crippen molar-refractivity contribution in [1.82, 2.24) is 20.0 Å². The highest BCUT2D eigenvalue weighted by Gasteiger charge is 2.35. The average Bonchev–Trinajstić information content (AvgIpc) is 2.69. The lowest BCUT2D eigenvalue weighted by atomic mass is 10.1. The number of hydrogen-bond acceptors (Lipinski definition) is 5. The maximum absolute atomic E-state index is 12.9. The molecule has 1 atom stereocenters. The number of piperazine rings is 2. The molecule has 2 heterocycles. The normalized spacial score (nSPS) is 19.9. The minimum absolute atomic E-state index is 0.0938. The van der Waals surface area contributed by atoms with Gasteiger partial charge in [0.15, 0.2) is 0 Å². The van der Waals surface area contributed by atoms with E-state index in [1.807, 2.05) is 36.9 Å². The second-order valence-electron chi connectivity index (χ2n) is 7.94. The molecule has 2 aliphatic rings. The topological polar surface area (TPSA) is 102 Å². The molecule has 4 amide bonds. The van der Waals surface area contributed by atoms with Crippen LogP contribution in [0, 0.1) is 13.8 Å². The Labute approximate surface area is 176 Å². The molecule has 3 rings (SSSR count). The first-order valence-corrected chi connectivity index (χ1v) is 10.2. The molecule has 0 bridgehead atoms. The van der Waals surface area contributed by atoms with Gasteiger partial charge >= 0.3 is 0 Å². The van der Waals surface area contributed by atoms with Crippen molar-refractivity contribution in [2.24, 2.45) is 0 Å². The molecular weight excluding hydrogens is 386 g/mol. The van der Waals surface area contributed by atoms with Gasteiger partial charge in [-0.1, -0.05) is 6.07 Å². The van der Waals surface area contributed by atoms with Crippen LogP contribution in [-0.2, 0) is 19.2 Å². The molecule has 0 radical (unpaired) electrons. The van der Waals surface area contributed by atoms with E-state index in [0.717, 1.165) is 17.5 Å². The fourth-order valence-electron chi connectivity index (χ4n) is 3.96. The van der Waals surface area contributed by atoms with Gasteiger partial charge in [0.05, 0.1) is 13.0 Å². The maximum atomic E-state index is 12.9. The highest BCUT2D eigenvalue weighted by molar-refractivity contribution is 5.97. The molecule has 9 heteroatoms. The van der Waals surface area contributed by atoms with Crippen LogP contribution < -0.4 is 10.6 Å². The fraction of sp³-hybridized carbons (Fsp3) is 0.524. The zero-order chi connectivity index (χ0) is 21.7. The quantitative estimate of drug-likeness (QED) is 0.623. The van der Waals surface area contributed by atoms with E-state index >= 15 is 0 Å². The second-order valence-corrected chi connectivity index (χ2v) is 7.94. The molecule has 9 nitrogen and oxygen atoms in total. The van der Waals surface area contributed by atoms with Gasteiger partial charge < -0.3 is 20.4 Å². The van der Waals surface area contributed by atoms with Gasteiger partial charge in [-0.2, -0.15) is 0 Å². The van der Waals surface area contributed by atoms with Crippen molar-refractivity contribution in [2.45, 2.75) is 26.3 Å². The Kier molecular flexibility index (Phi) is 7.04. The Bertz CT molecular complexity index is 799. The van der Waals surface area contributed by atoms with Crippen LogP contribution >= 0.6 is 0 Å². The van der Waals surface area contributed by atoms with Crippen LogP contribution in [0.5, 0.6) is 0 Å². The fourth-order valence-corrected chi connectivity index (χ4v) is 3.96. The SMILES string of the molecule is Cc1cc(C)cc(NC(=O)C[C@@H]2C(=O)NCCN2C(=O)CN2CCN(C=O)CC2)c1. The average molecular weight is 415 g/mol. The second kappa shape index (κ2) is 9.71. The highest BCUT2D eigenvalue weighted by Crippen LogP contribution is 2.16. The van der Waals surface area contributed by atoms with Gasteiger partial charge in [0.1, 0.15) is 6.04 Å². The number of amides is 4. The number of benzene rings is 1. The molecule has 0 saturated carbocycles. The summed E-state index contributed by atoms with van der Waals surface area (Å²) in [7, 11) is 0. The molecule has 0 unspecified atom stereocenters. The number of nitrogens with zero attached hydrogens (tertiary/aromatic N) is 3. The molecule has 2 saturated heterocycles. The van der Waals surface area contributed by atoms with Crippen molar-refractivity contribution in [2.75, 3.05) is 51.1 Å². The summed E-state index contributed by atoms with van der Waals surface area (Å²) in [4.78, 5) is 53.9. The Morgan fingerprint density at radius 3 is 2.40 bits per heavy atom. The Hall–Kier alpha value is -2.94. The molecule has 1 aromatic carbocycles. The number of anilines is 1. The Morgan fingerprint density at radius 2 is 1.77 bits per heavy atom. The van der Waals surface area contributed by atoms with E-state index in [2.05, 4.69) is 10.6 Å².